The van der Waals surface area contributed by atoms with E-state index >= 15 is 0 Å². The van der Waals surface area contributed by atoms with Gasteiger partial charge in [-0.1, -0.05) is 19.4 Å². The largest absolute Gasteiger partial charge is 0.490 e. The molecular weight excluding hydrogens is 320 g/mol. The molecule has 5 heteroatoms. The number of carbonyl (C=O) groups is 1. The summed E-state index contributed by atoms with van der Waals surface area (Å²) in [6.45, 7) is 5.81. The summed E-state index contributed by atoms with van der Waals surface area (Å²) in [4.78, 5) is 11.6. The van der Waals surface area contributed by atoms with Gasteiger partial charge in [-0.05, 0) is 44.2 Å². The van der Waals surface area contributed by atoms with E-state index in [0.29, 0.717) is 26.1 Å². The first kappa shape index (κ1) is 18.1. The third-order valence-electron chi connectivity index (χ3n) is 4.62. The number of hydrogen-bond donors (Lipinski definition) is 0. The maximum atomic E-state index is 11.6. The lowest BCUT2D eigenvalue weighted by atomic mass is 9.95. The lowest BCUT2D eigenvalue weighted by Gasteiger charge is -2.29. The van der Waals surface area contributed by atoms with Gasteiger partial charge in [0.15, 0.2) is 0 Å². The topological polar surface area (TPSA) is 57.3 Å². The molecule has 0 spiro atoms. The Morgan fingerprint density at radius 3 is 2.84 bits per heavy atom. The summed E-state index contributed by atoms with van der Waals surface area (Å²) in [5.41, 5.74) is 2.40. The molecule has 2 aliphatic rings. The molecule has 2 atom stereocenters. The molecule has 2 heterocycles. The highest BCUT2D eigenvalue weighted by molar-refractivity contribution is 5.69. The molecule has 0 aliphatic carbocycles. The lowest BCUT2D eigenvalue weighted by molar-refractivity contribution is -0.143. The number of aryl methyl sites for hydroxylation is 1. The SMILES string of the molecule is CCCc1c(OCC2CO2)ccc2c1OC(CCC(=O)OCC)CC2. The van der Waals surface area contributed by atoms with E-state index in [1.165, 1.54) is 5.56 Å². The van der Waals surface area contributed by atoms with Crippen molar-refractivity contribution in [1.29, 1.82) is 0 Å². The molecule has 1 aromatic carbocycles. The van der Waals surface area contributed by atoms with Crippen molar-refractivity contribution >= 4 is 5.97 Å². The third kappa shape index (κ3) is 4.88. The zero-order valence-electron chi connectivity index (χ0n) is 15.2. The quantitative estimate of drug-likeness (QED) is 0.505. The second kappa shape index (κ2) is 8.56. The highest BCUT2D eigenvalue weighted by atomic mass is 16.6. The van der Waals surface area contributed by atoms with Crippen LogP contribution >= 0.6 is 0 Å². The first-order valence-electron chi connectivity index (χ1n) is 9.42. The normalized spacial score (nSPS) is 21.2. The summed E-state index contributed by atoms with van der Waals surface area (Å²) in [6.07, 6.45) is 5.28. The summed E-state index contributed by atoms with van der Waals surface area (Å²) >= 11 is 0. The van der Waals surface area contributed by atoms with Gasteiger partial charge in [-0.25, -0.2) is 0 Å². The monoisotopic (exact) mass is 348 g/mol. The van der Waals surface area contributed by atoms with E-state index in [-0.39, 0.29) is 18.2 Å². The molecular formula is C20H28O5. The van der Waals surface area contributed by atoms with Gasteiger partial charge in [0.2, 0.25) is 0 Å². The van der Waals surface area contributed by atoms with E-state index in [2.05, 4.69) is 19.1 Å². The van der Waals surface area contributed by atoms with E-state index < -0.39 is 0 Å². The molecule has 1 saturated heterocycles. The second-order valence-electron chi connectivity index (χ2n) is 6.67. The number of benzene rings is 1. The van der Waals surface area contributed by atoms with Crippen molar-refractivity contribution in [2.24, 2.45) is 0 Å². The van der Waals surface area contributed by atoms with Crippen LogP contribution in [0, 0.1) is 0 Å². The fourth-order valence-electron chi connectivity index (χ4n) is 3.23. The lowest BCUT2D eigenvalue weighted by Crippen LogP contribution is -2.25. The van der Waals surface area contributed by atoms with E-state index in [4.69, 9.17) is 18.9 Å². The number of hydrogen-bond acceptors (Lipinski definition) is 5. The molecule has 1 fully saturated rings. The molecule has 2 unspecified atom stereocenters. The molecule has 2 aliphatic heterocycles. The summed E-state index contributed by atoms with van der Waals surface area (Å²) in [6, 6.07) is 4.17. The minimum atomic E-state index is -0.146. The van der Waals surface area contributed by atoms with Crippen LogP contribution in [0.3, 0.4) is 0 Å². The Labute approximate surface area is 149 Å². The van der Waals surface area contributed by atoms with Crippen LogP contribution < -0.4 is 9.47 Å². The molecule has 138 valence electrons. The average Bonchev–Trinajstić information content (AvgIpc) is 3.44. The van der Waals surface area contributed by atoms with Crippen molar-refractivity contribution in [1.82, 2.24) is 0 Å². The van der Waals surface area contributed by atoms with Crippen LogP contribution in [0.4, 0.5) is 0 Å². The number of esters is 1. The smallest absolute Gasteiger partial charge is 0.305 e. The minimum absolute atomic E-state index is 0.0644. The number of epoxide rings is 1. The highest BCUT2D eigenvalue weighted by Gasteiger charge is 2.27. The Bertz CT molecular complexity index is 594. The van der Waals surface area contributed by atoms with Gasteiger partial charge in [-0.3, -0.25) is 4.79 Å². The fourth-order valence-corrected chi connectivity index (χ4v) is 3.23. The Morgan fingerprint density at radius 2 is 2.12 bits per heavy atom. The van der Waals surface area contributed by atoms with Crippen molar-refractivity contribution in [3.63, 3.8) is 0 Å². The molecule has 3 rings (SSSR count). The van der Waals surface area contributed by atoms with Gasteiger partial charge in [0, 0.05) is 12.0 Å². The Kier molecular flexibility index (Phi) is 6.19. The molecule has 0 radical (unpaired) electrons. The van der Waals surface area contributed by atoms with E-state index in [9.17, 15) is 4.79 Å². The van der Waals surface area contributed by atoms with E-state index in [0.717, 1.165) is 49.4 Å². The number of fused-ring (bicyclic) bond motifs is 1. The van der Waals surface area contributed by atoms with Gasteiger partial charge in [0.25, 0.3) is 0 Å². The van der Waals surface area contributed by atoms with Gasteiger partial charge in [-0.2, -0.15) is 0 Å². The molecule has 1 aromatic rings. The van der Waals surface area contributed by atoms with Crippen molar-refractivity contribution in [3.05, 3.63) is 23.3 Å². The molecule has 0 saturated carbocycles. The first-order valence-corrected chi connectivity index (χ1v) is 9.42. The van der Waals surface area contributed by atoms with Crippen LogP contribution in [-0.2, 0) is 27.1 Å². The van der Waals surface area contributed by atoms with Crippen LogP contribution in [0.2, 0.25) is 0 Å². The van der Waals surface area contributed by atoms with Crippen LogP contribution in [-0.4, -0.2) is 38.0 Å². The highest BCUT2D eigenvalue weighted by Crippen LogP contribution is 2.39. The maximum absolute atomic E-state index is 11.6. The number of rotatable bonds is 9. The maximum Gasteiger partial charge on any atom is 0.305 e. The zero-order chi connectivity index (χ0) is 17.6. The first-order chi connectivity index (χ1) is 12.2. The molecule has 25 heavy (non-hydrogen) atoms. The van der Waals surface area contributed by atoms with E-state index in [1.807, 2.05) is 6.92 Å². The van der Waals surface area contributed by atoms with Crippen LogP contribution in [0.25, 0.3) is 0 Å². The summed E-state index contributed by atoms with van der Waals surface area (Å²) < 4.78 is 22.5. The zero-order valence-corrected chi connectivity index (χ0v) is 15.2. The second-order valence-corrected chi connectivity index (χ2v) is 6.67. The molecule has 0 N–H and O–H groups in total. The van der Waals surface area contributed by atoms with Gasteiger partial charge < -0.3 is 18.9 Å². The standard InChI is InChI=1S/C20H28O5/c1-3-5-17-18(24-13-16-12-23-16)10-7-14-6-8-15(25-20(14)17)9-11-19(21)22-4-2/h7,10,15-16H,3-6,8-9,11-13H2,1-2H3. The number of carbonyl (C=O) groups excluding carboxylic acids is 1. The average molecular weight is 348 g/mol. The summed E-state index contributed by atoms with van der Waals surface area (Å²) in [5.74, 6) is 1.73. The molecule has 0 bridgehead atoms. The fraction of sp³-hybridized carbons (Fsp3) is 0.650. The molecule has 0 aromatic heterocycles. The van der Waals surface area contributed by atoms with E-state index in [1.54, 1.807) is 0 Å². The third-order valence-corrected chi connectivity index (χ3v) is 4.62. The Morgan fingerprint density at radius 1 is 1.28 bits per heavy atom. The van der Waals surface area contributed by atoms with Crippen molar-refractivity contribution in [2.75, 3.05) is 19.8 Å². The van der Waals surface area contributed by atoms with Crippen LogP contribution in [0.1, 0.15) is 50.7 Å². The van der Waals surface area contributed by atoms with Crippen molar-refractivity contribution < 1.29 is 23.7 Å². The summed E-state index contributed by atoms with van der Waals surface area (Å²) in [7, 11) is 0. The van der Waals surface area contributed by atoms with Gasteiger partial charge >= 0.3 is 5.97 Å². The Hall–Kier alpha value is -1.75. The van der Waals surface area contributed by atoms with Crippen LogP contribution in [0.15, 0.2) is 12.1 Å². The van der Waals surface area contributed by atoms with Gasteiger partial charge in [0.05, 0.1) is 19.3 Å². The van der Waals surface area contributed by atoms with Crippen molar-refractivity contribution in [2.45, 2.75) is 64.6 Å². The minimum Gasteiger partial charge on any atom is -0.490 e. The van der Waals surface area contributed by atoms with Crippen LogP contribution in [0.5, 0.6) is 11.5 Å². The van der Waals surface area contributed by atoms with Gasteiger partial charge in [-0.15, -0.1) is 0 Å². The number of ether oxygens (including phenoxy) is 4. The predicted molar refractivity (Wildman–Crippen MR) is 94.3 cm³/mol. The molecule has 5 nitrogen and oxygen atoms in total. The van der Waals surface area contributed by atoms with Crippen molar-refractivity contribution in [3.8, 4) is 11.5 Å². The predicted octanol–water partition coefficient (Wildman–Crippen LogP) is 3.45. The molecule has 0 amide bonds. The Balaban J connectivity index is 1.68. The summed E-state index contributed by atoms with van der Waals surface area (Å²) in [5, 5.41) is 0. The van der Waals surface area contributed by atoms with Gasteiger partial charge in [0.1, 0.15) is 24.2 Å².